The molecular formula is C15H21N3O2. The van der Waals surface area contributed by atoms with Gasteiger partial charge in [0.2, 0.25) is 11.8 Å². The maximum absolute atomic E-state index is 12.7. The van der Waals surface area contributed by atoms with E-state index in [0.29, 0.717) is 13.0 Å². The predicted molar refractivity (Wildman–Crippen MR) is 77.3 cm³/mol. The van der Waals surface area contributed by atoms with Crippen molar-refractivity contribution in [1.82, 2.24) is 10.3 Å². The van der Waals surface area contributed by atoms with Crippen molar-refractivity contribution in [2.75, 3.05) is 11.4 Å². The number of nitrogens with zero attached hydrogens (tertiary/aromatic N) is 2. The number of nitrogens with one attached hydrogen (secondary N) is 1. The summed E-state index contributed by atoms with van der Waals surface area (Å²) in [5.74, 6) is -0.155. The highest BCUT2D eigenvalue weighted by Crippen LogP contribution is 2.26. The first-order valence-corrected chi connectivity index (χ1v) is 6.81. The first kappa shape index (κ1) is 14.5. The Morgan fingerprint density at radius 2 is 2.00 bits per heavy atom. The lowest BCUT2D eigenvalue weighted by Crippen LogP contribution is -2.52. The van der Waals surface area contributed by atoms with E-state index < -0.39 is 6.04 Å². The maximum atomic E-state index is 12.7. The first-order chi connectivity index (χ1) is 9.29. The standard InChI is InChI=1S/C15H21N3O2/c1-10-7-11(9-16-8-10)18-6-5-12(19)17-13(14(18)20)15(2,3)4/h7-9,13H,5-6H2,1-4H3,(H,17,19). The molecule has 1 saturated heterocycles. The molecule has 0 saturated carbocycles. The number of hydrogen-bond acceptors (Lipinski definition) is 3. The number of rotatable bonds is 1. The van der Waals surface area contributed by atoms with Gasteiger partial charge in [-0.1, -0.05) is 20.8 Å². The van der Waals surface area contributed by atoms with E-state index in [2.05, 4.69) is 10.3 Å². The van der Waals surface area contributed by atoms with Gasteiger partial charge in [0.05, 0.1) is 11.9 Å². The second-order valence-electron chi connectivity index (χ2n) is 6.33. The molecule has 0 spiro atoms. The Hall–Kier alpha value is -1.91. The summed E-state index contributed by atoms with van der Waals surface area (Å²) < 4.78 is 0. The van der Waals surface area contributed by atoms with Crippen molar-refractivity contribution in [1.29, 1.82) is 0 Å². The van der Waals surface area contributed by atoms with Crippen LogP contribution in [0.3, 0.4) is 0 Å². The molecule has 1 atom stereocenters. The van der Waals surface area contributed by atoms with E-state index in [1.54, 1.807) is 17.3 Å². The van der Waals surface area contributed by atoms with Gasteiger partial charge in [-0.25, -0.2) is 0 Å². The molecule has 0 aliphatic carbocycles. The molecule has 1 fully saturated rings. The van der Waals surface area contributed by atoms with Crippen LogP contribution in [0.2, 0.25) is 0 Å². The van der Waals surface area contributed by atoms with Gasteiger partial charge in [-0.05, 0) is 24.0 Å². The van der Waals surface area contributed by atoms with Crippen LogP contribution in [0.4, 0.5) is 5.69 Å². The summed E-state index contributed by atoms with van der Waals surface area (Å²) in [5, 5.41) is 2.83. The summed E-state index contributed by atoms with van der Waals surface area (Å²) in [4.78, 5) is 30.3. The third-order valence-corrected chi connectivity index (χ3v) is 3.42. The highest BCUT2D eigenvalue weighted by atomic mass is 16.2. The normalized spacial score (nSPS) is 20.6. The summed E-state index contributed by atoms with van der Waals surface area (Å²) in [7, 11) is 0. The quantitative estimate of drug-likeness (QED) is 0.848. The molecule has 5 nitrogen and oxygen atoms in total. The number of carbonyl (C=O) groups excluding carboxylic acids is 2. The van der Waals surface area contributed by atoms with Gasteiger partial charge >= 0.3 is 0 Å². The SMILES string of the molecule is Cc1cncc(N2CCC(=O)NC(C(C)(C)C)C2=O)c1. The monoisotopic (exact) mass is 275 g/mol. The number of anilines is 1. The van der Waals surface area contributed by atoms with Crippen molar-refractivity contribution in [3.8, 4) is 0 Å². The van der Waals surface area contributed by atoms with Crippen LogP contribution in [-0.2, 0) is 9.59 Å². The zero-order valence-electron chi connectivity index (χ0n) is 12.4. The van der Waals surface area contributed by atoms with Crippen molar-refractivity contribution >= 4 is 17.5 Å². The summed E-state index contributed by atoms with van der Waals surface area (Å²) in [6, 6.07) is 1.40. The van der Waals surface area contributed by atoms with E-state index in [0.717, 1.165) is 11.3 Å². The molecule has 0 radical (unpaired) electrons. The Morgan fingerprint density at radius 1 is 1.30 bits per heavy atom. The number of hydrogen-bond donors (Lipinski definition) is 1. The first-order valence-electron chi connectivity index (χ1n) is 6.81. The lowest BCUT2D eigenvalue weighted by atomic mass is 9.86. The molecule has 2 amide bonds. The van der Waals surface area contributed by atoms with Crippen molar-refractivity contribution in [2.45, 2.75) is 40.2 Å². The van der Waals surface area contributed by atoms with Crippen molar-refractivity contribution in [2.24, 2.45) is 5.41 Å². The van der Waals surface area contributed by atoms with Gasteiger partial charge in [-0.2, -0.15) is 0 Å². The molecule has 5 heteroatoms. The lowest BCUT2D eigenvalue weighted by molar-refractivity contribution is -0.127. The Kier molecular flexibility index (Phi) is 3.79. The largest absolute Gasteiger partial charge is 0.344 e. The molecule has 0 bridgehead atoms. The number of pyridine rings is 1. The second kappa shape index (κ2) is 5.23. The molecule has 1 aromatic heterocycles. The minimum atomic E-state index is -0.516. The van der Waals surface area contributed by atoms with Gasteiger partial charge in [0.25, 0.3) is 0 Å². The number of aromatic nitrogens is 1. The molecule has 0 aromatic carbocycles. The Morgan fingerprint density at radius 3 is 2.60 bits per heavy atom. The fourth-order valence-corrected chi connectivity index (χ4v) is 2.30. The van der Waals surface area contributed by atoms with Crippen molar-refractivity contribution < 1.29 is 9.59 Å². The van der Waals surface area contributed by atoms with Crippen LogP contribution in [0, 0.1) is 12.3 Å². The Balaban J connectivity index is 2.37. The number of carbonyl (C=O) groups is 2. The van der Waals surface area contributed by atoms with Crippen molar-refractivity contribution in [3.63, 3.8) is 0 Å². The molecule has 2 heterocycles. The van der Waals surface area contributed by atoms with Gasteiger partial charge in [-0.15, -0.1) is 0 Å². The maximum Gasteiger partial charge on any atom is 0.250 e. The summed E-state index contributed by atoms with van der Waals surface area (Å²) in [5.41, 5.74) is 1.42. The van der Waals surface area contributed by atoms with Crippen LogP contribution in [-0.4, -0.2) is 29.4 Å². The summed E-state index contributed by atoms with van der Waals surface area (Å²) in [6.45, 7) is 8.18. The summed E-state index contributed by atoms with van der Waals surface area (Å²) >= 11 is 0. The molecule has 108 valence electrons. The molecular weight excluding hydrogens is 254 g/mol. The molecule has 1 aliphatic rings. The van der Waals surface area contributed by atoms with E-state index in [4.69, 9.17) is 0 Å². The predicted octanol–water partition coefficient (Wildman–Crippen LogP) is 1.66. The van der Waals surface area contributed by atoms with Gasteiger partial charge in [0.1, 0.15) is 6.04 Å². The highest BCUT2D eigenvalue weighted by molar-refractivity contribution is 6.01. The Labute approximate surface area is 119 Å². The molecule has 2 rings (SSSR count). The summed E-state index contributed by atoms with van der Waals surface area (Å²) in [6.07, 6.45) is 3.73. The minimum Gasteiger partial charge on any atom is -0.344 e. The average Bonchev–Trinajstić information content (AvgIpc) is 2.49. The Bertz CT molecular complexity index is 534. The van der Waals surface area contributed by atoms with E-state index in [1.807, 2.05) is 33.8 Å². The molecule has 1 unspecified atom stereocenters. The second-order valence-corrected chi connectivity index (χ2v) is 6.33. The number of amides is 2. The molecule has 1 aliphatic heterocycles. The van der Waals surface area contributed by atoms with Gasteiger partial charge < -0.3 is 10.2 Å². The van der Waals surface area contributed by atoms with Gasteiger partial charge in [0, 0.05) is 19.2 Å². The lowest BCUT2D eigenvalue weighted by Gasteiger charge is -2.32. The van der Waals surface area contributed by atoms with E-state index in [1.165, 1.54) is 0 Å². The fourth-order valence-electron chi connectivity index (χ4n) is 2.30. The molecule has 20 heavy (non-hydrogen) atoms. The van der Waals surface area contributed by atoms with Crippen LogP contribution in [0.25, 0.3) is 0 Å². The molecule has 1 aromatic rings. The average molecular weight is 275 g/mol. The van der Waals surface area contributed by atoms with Crippen LogP contribution in [0.15, 0.2) is 18.5 Å². The van der Waals surface area contributed by atoms with E-state index >= 15 is 0 Å². The zero-order valence-corrected chi connectivity index (χ0v) is 12.4. The fraction of sp³-hybridized carbons (Fsp3) is 0.533. The smallest absolute Gasteiger partial charge is 0.250 e. The minimum absolute atomic E-state index is 0.0734. The van der Waals surface area contributed by atoms with Crippen LogP contribution in [0.1, 0.15) is 32.8 Å². The topological polar surface area (TPSA) is 62.3 Å². The van der Waals surface area contributed by atoms with E-state index in [-0.39, 0.29) is 17.2 Å². The van der Waals surface area contributed by atoms with Crippen LogP contribution in [0.5, 0.6) is 0 Å². The van der Waals surface area contributed by atoms with Crippen LogP contribution >= 0.6 is 0 Å². The zero-order chi connectivity index (χ0) is 14.9. The van der Waals surface area contributed by atoms with Gasteiger partial charge in [-0.3, -0.25) is 14.6 Å². The third kappa shape index (κ3) is 2.98. The molecule has 1 N–H and O–H groups in total. The highest BCUT2D eigenvalue weighted by Gasteiger charge is 2.38. The number of aryl methyl sites for hydroxylation is 1. The van der Waals surface area contributed by atoms with Crippen molar-refractivity contribution in [3.05, 3.63) is 24.0 Å². The van der Waals surface area contributed by atoms with Crippen LogP contribution < -0.4 is 10.2 Å². The third-order valence-electron chi connectivity index (χ3n) is 3.42. The van der Waals surface area contributed by atoms with E-state index in [9.17, 15) is 9.59 Å². The van der Waals surface area contributed by atoms with Gasteiger partial charge in [0.15, 0.2) is 0 Å².